The lowest BCUT2D eigenvalue weighted by atomic mass is 9.58. The second kappa shape index (κ2) is 10.1. The van der Waals surface area contributed by atoms with Gasteiger partial charge in [0.15, 0.2) is 11.4 Å². The number of aliphatic hydroxyl groups excluding tert-OH is 2. The Morgan fingerprint density at radius 3 is 2.31 bits per heavy atom. The quantitative estimate of drug-likeness (QED) is 0.148. The fourth-order valence-corrected chi connectivity index (χ4v) is 6.67. The number of nitrogen functional groups attached to an aromatic ring is 1. The maximum absolute atomic E-state index is 14.1. The van der Waals surface area contributed by atoms with Crippen LogP contribution in [0.3, 0.4) is 0 Å². The number of rotatable bonds is 6. The van der Waals surface area contributed by atoms with Crippen molar-refractivity contribution >= 4 is 34.5 Å². The number of likely N-dealkylation sites (N-methyl/N-ethyl adjacent to an activating group) is 1. The molecule has 0 fully saturated rings. The number of benzene rings is 2. The number of anilines is 3. The Morgan fingerprint density at radius 2 is 1.74 bits per heavy atom. The Kier molecular flexibility index (Phi) is 6.94. The van der Waals surface area contributed by atoms with E-state index in [1.807, 2.05) is 17.0 Å². The third-order valence-electron chi connectivity index (χ3n) is 8.64. The number of Topliss-reactive ketones (excluding diaryl/α,β-unsaturated/α-hetero) is 2. The van der Waals surface area contributed by atoms with E-state index in [-0.39, 0.29) is 35.4 Å². The number of primary amides is 1. The van der Waals surface area contributed by atoms with Gasteiger partial charge in [-0.15, -0.1) is 0 Å². The molecule has 0 heterocycles. The normalized spacial score (nSPS) is 25.2. The van der Waals surface area contributed by atoms with E-state index in [4.69, 9.17) is 11.5 Å². The molecule has 2 aromatic carbocycles. The summed E-state index contributed by atoms with van der Waals surface area (Å²) < 4.78 is 0. The first-order valence-corrected chi connectivity index (χ1v) is 13.5. The lowest BCUT2D eigenvalue weighted by molar-refractivity contribution is -0.148. The zero-order valence-corrected chi connectivity index (χ0v) is 23.8. The maximum Gasteiger partial charge on any atom is 0.255 e. The fourth-order valence-electron chi connectivity index (χ4n) is 6.67. The van der Waals surface area contributed by atoms with Crippen LogP contribution < -0.4 is 21.7 Å². The first kappa shape index (κ1) is 29.0. The number of nitrogens with two attached hydrogens (primary N) is 2. The van der Waals surface area contributed by atoms with Crippen molar-refractivity contribution in [1.29, 1.82) is 0 Å². The number of hydrogen-bond donors (Lipinski definition) is 7. The monoisotopic (exact) mass is 577 g/mol. The molecule has 0 bridgehead atoms. The van der Waals surface area contributed by atoms with Gasteiger partial charge in [0.05, 0.1) is 17.3 Å². The highest BCUT2D eigenvalue weighted by Gasteiger charge is 2.63. The van der Waals surface area contributed by atoms with Gasteiger partial charge in [0.1, 0.15) is 22.8 Å². The van der Waals surface area contributed by atoms with Crippen LogP contribution in [0, 0.1) is 11.8 Å². The van der Waals surface area contributed by atoms with Crippen molar-refractivity contribution in [2.75, 3.05) is 44.1 Å². The highest BCUT2D eigenvalue weighted by atomic mass is 16.3. The molecule has 5 rings (SSSR count). The summed E-state index contributed by atoms with van der Waals surface area (Å²) in [5.41, 5.74) is 10.4. The molecule has 222 valence electrons. The third-order valence-corrected chi connectivity index (χ3v) is 8.64. The number of aromatic hydroxyl groups is 1. The van der Waals surface area contributed by atoms with Crippen LogP contribution in [0.25, 0.3) is 0 Å². The molecular weight excluding hydrogens is 542 g/mol. The Bertz CT molecular complexity index is 1580. The van der Waals surface area contributed by atoms with Crippen LogP contribution in [0.5, 0.6) is 5.75 Å². The van der Waals surface area contributed by atoms with E-state index in [0.29, 0.717) is 23.5 Å². The number of amides is 1. The van der Waals surface area contributed by atoms with Crippen LogP contribution in [0.4, 0.5) is 17.1 Å². The van der Waals surface area contributed by atoms with Crippen LogP contribution >= 0.6 is 0 Å². The second-order valence-electron chi connectivity index (χ2n) is 11.6. The van der Waals surface area contributed by atoms with E-state index >= 15 is 0 Å². The number of nitrogens with one attached hydrogen (secondary N) is 1. The number of ketones is 2. The summed E-state index contributed by atoms with van der Waals surface area (Å²) >= 11 is 0. The smallest absolute Gasteiger partial charge is 0.255 e. The standard InChI is InChI=1S/C30H35N5O7/c1-34(2)19-11-18(33-12-13-5-7-15(31)8-6-13)24(36)21-16(19)9-14-10-17-23(35(3)4)26(38)22(29(32)41)28(40)30(17,42)27(39)20(14)25(21)37/h5-8,11,14,17,23,33,36,38-39,42H,9-10,12,31H2,1-4H3,(H2,32,41)/t14-,17-,23-,30-/m0/s1. The van der Waals surface area contributed by atoms with E-state index in [1.54, 1.807) is 46.4 Å². The summed E-state index contributed by atoms with van der Waals surface area (Å²) in [5.74, 6) is -6.83. The SMILES string of the molecule is CN(C)c1cc(NCc2ccc(N)cc2)c(O)c2c1C[C@H]1C[C@H]3[C@H](N(C)C)C(O)=C(C(N)=O)C(=O)[C@@]3(O)C(O)=C1C2=O. The number of aliphatic hydroxyl groups is 3. The van der Waals surface area contributed by atoms with Crippen LogP contribution in [-0.2, 0) is 22.6 Å². The van der Waals surface area contributed by atoms with E-state index in [9.17, 15) is 34.8 Å². The topological polar surface area (TPSA) is 203 Å². The van der Waals surface area contributed by atoms with Gasteiger partial charge in [-0.25, -0.2) is 0 Å². The van der Waals surface area contributed by atoms with Gasteiger partial charge in [-0.3, -0.25) is 19.3 Å². The molecule has 3 aliphatic rings. The number of fused-ring (bicyclic) bond motifs is 3. The minimum absolute atomic E-state index is 0.0243. The molecule has 0 saturated heterocycles. The first-order valence-electron chi connectivity index (χ1n) is 13.5. The number of carbonyl (C=O) groups is 3. The highest BCUT2D eigenvalue weighted by Crippen LogP contribution is 2.53. The largest absolute Gasteiger partial charge is 0.510 e. The van der Waals surface area contributed by atoms with Crippen molar-refractivity contribution in [2.45, 2.75) is 31.0 Å². The van der Waals surface area contributed by atoms with Gasteiger partial charge in [-0.05, 0) is 62.2 Å². The average Bonchev–Trinajstić information content (AvgIpc) is 2.90. The third kappa shape index (κ3) is 4.17. The van der Waals surface area contributed by atoms with Crippen molar-refractivity contribution < 1.29 is 34.8 Å². The predicted octanol–water partition coefficient (Wildman–Crippen LogP) is 1.38. The summed E-state index contributed by atoms with van der Waals surface area (Å²) in [5, 5.41) is 48.7. The van der Waals surface area contributed by atoms with E-state index in [0.717, 1.165) is 5.56 Å². The van der Waals surface area contributed by atoms with Crippen LogP contribution in [-0.4, -0.2) is 82.6 Å². The minimum Gasteiger partial charge on any atom is -0.510 e. The van der Waals surface area contributed by atoms with Crippen molar-refractivity contribution in [3.8, 4) is 5.75 Å². The average molecular weight is 578 g/mol. The molecule has 0 unspecified atom stereocenters. The zero-order valence-electron chi connectivity index (χ0n) is 23.8. The second-order valence-corrected chi connectivity index (χ2v) is 11.6. The van der Waals surface area contributed by atoms with E-state index in [1.165, 1.54) is 4.90 Å². The predicted molar refractivity (Wildman–Crippen MR) is 156 cm³/mol. The summed E-state index contributed by atoms with van der Waals surface area (Å²) in [6, 6.07) is 7.86. The molecule has 0 radical (unpaired) electrons. The first-order chi connectivity index (χ1) is 19.7. The number of allylic oxidation sites excluding steroid dienone is 1. The fraction of sp³-hybridized carbons (Fsp3) is 0.367. The summed E-state index contributed by atoms with van der Waals surface area (Å²) in [6.45, 7) is 0.317. The van der Waals surface area contributed by atoms with Crippen molar-refractivity contribution in [1.82, 2.24) is 4.90 Å². The molecule has 0 spiro atoms. The number of phenols is 1. The van der Waals surface area contributed by atoms with Gasteiger partial charge in [0.25, 0.3) is 5.91 Å². The van der Waals surface area contributed by atoms with E-state index in [2.05, 4.69) is 5.32 Å². The lowest BCUT2D eigenvalue weighted by Crippen LogP contribution is -2.63. The molecule has 4 atom stereocenters. The molecule has 0 saturated carbocycles. The molecule has 9 N–H and O–H groups in total. The van der Waals surface area contributed by atoms with Gasteiger partial charge < -0.3 is 42.1 Å². The summed E-state index contributed by atoms with van der Waals surface area (Å²) in [6.07, 6.45) is 0.227. The zero-order chi connectivity index (χ0) is 30.8. The number of nitrogens with zero attached hydrogens (tertiary/aromatic N) is 2. The molecule has 0 aliphatic heterocycles. The van der Waals surface area contributed by atoms with Gasteiger partial charge in [-0.2, -0.15) is 0 Å². The van der Waals surface area contributed by atoms with Crippen molar-refractivity contribution in [2.24, 2.45) is 17.6 Å². The Morgan fingerprint density at radius 1 is 1.10 bits per heavy atom. The molecule has 3 aliphatic carbocycles. The Hall–Kier alpha value is -4.55. The molecule has 12 heteroatoms. The van der Waals surface area contributed by atoms with Crippen LogP contribution in [0.15, 0.2) is 53.0 Å². The van der Waals surface area contributed by atoms with Crippen LogP contribution in [0.2, 0.25) is 0 Å². The lowest BCUT2D eigenvalue weighted by Gasteiger charge is -2.50. The van der Waals surface area contributed by atoms with Gasteiger partial charge in [-0.1, -0.05) is 12.1 Å². The number of phenolic OH excluding ortho intramolecular Hbond substituents is 1. The van der Waals surface area contributed by atoms with Crippen molar-refractivity contribution in [3.05, 3.63) is 69.7 Å². The molecule has 2 aromatic rings. The molecule has 12 nitrogen and oxygen atoms in total. The number of carbonyl (C=O) groups excluding carboxylic acids is 3. The highest BCUT2D eigenvalue weighted by molar-refractivity contribution is 6.25. The van der Waals surface area contributed by atoms with Gasteiger partial charge >= 0.3 is 0 Å². The summed E-state index contributed by atoms with van der Waals surface area (Å²) in [4.78, 5) is 43.1. The van der Waals surface area contributed by atoms with Crippen molar-refractivity contribution in [3.63, 3.8) is 0 Å². The minimum atomic E-state index is -2.68. The van der Waals surface area contributed by atoms with E-state index < -0.39 is 58.0 Å². The molecule has 42 heavy (non-hydrogen) atoms. The summed E-state index contributed by atoms with van der Waals surface area (Å²) in [7, 11) is 6.79. The van der Waals surface area contributed by atoms with Crippen LogP contribution in [0.1, 0.15) is 27.9 Å². The molecule has 1 amide bonds. The molecule has 0 aromatic heterocycles. The Labute approximate surface area is 242 Å². The van der Waals surface area contributed by atoms with Gasteiger partial charge in [0, 0.05) is 43.5 Å². The molecular formula is C30H35N5O7. The van der Waals surface area contributed by atoms with Gasteiger partial charge in [0.2, 0.25) is 5.78 Å². The maximum atomic E-state index is 14.1. The number of hydrogen-bond acceptors (Lipinski definition) is 11. The Balaban J connectivity index is 1.64.